The van der Waals surface area contributed by atoms with E-state index in [1.165, 1.54) is 21.3 Å². The van der Waals surface area contributed by atoms with Gasteiger partial charge in [-0.25, -0.2) is 4.79 Å². The number of ether oxygens (including phenoxy) is 5. The molecule has 2 aromatic carbocycles. The molecule has 0 saturated carbocycles. The first-order chi connectivity index (χ1) is 20.3. The van der Waals surface area contributed by atoms with Crippen LogP contribution in [0.5, 0.6) is 5.75 Å². The molecule has 0 aliphatic carbocycles. The maximum atomic E-state index is 13.1. The molecule has 12 nitrogen and oxygen atoms in total. The number of thioether (sulfide) groups is 1. The van der Waals surface area contributed by atoms with Crippen molar-refractivity contribution < 1.29 is 48.0 Å². The third kappa shape index (κ3) is 7.28. The summed E-state index contributed by atoms with van der Waals surface area (Å²) in [5.41, 5.74) is 1.39. The first-order valence-corrected chi connectivity index (χ1v) is 14.3. The number of nitrogens with zero attached hydrogens (tertiary/aromatic N) is 1. The number of methoxy groups -OCH3 is 3. The molecule has 2 amide bonds. The van der Waals surface area contributed by atoms with E-state index in [4.69, 9.17) is 23.7 Å². The standard InChI is InChI=1S/C29H34N2O10S/c1-37-19-11-9-18(10-12-19)14-41-29(36)27(35)31-26(34)23(30-22(33)13-17-7-5-4-6-8-17)28(31)42-16-20(32)24-25(39-3)21(38-2)15-40-24/h4-12,21,23-25,27-28,35H,13-16H2,1-3H3,(H,30,33)/t21-,23+,24+,25+,27?,28+/m0/s1. The van der Waals surface area contributed by atoms with Crippen LogP contribution in [0.2, 0.25) is 0 Å². The maximum absolute atomic E-state index is 13.1. The van der Waals surface area contributed by atoms with Crippen molar-refractivity contribution in [1.82, 2.24) is 10.2 Å². The van der Waals surface area contributed by atoms with E-state index in [1.54, 1.807) is 48.5 Å². The minimum absolute atomic E-state index is 0.0250. The number of Topliss-reactive ketones (excluding diaryl/α,β-unsaturated/α-hetero) is 1. The predicted molar refractivity (Wildman–Crippen MR) is 150 cm³/mol. The highest BCUT2D eigenvalue weighted by atomic mass is 32.2. The fourth-order valence-electron chi connectivity index (χ4n) is 4.71. The normalized spacial score (nSPS) is 24.0. The number of amides is 2. The van der Waals surface area contributed by atoms with Gasteiger partial charge in [0, 0.05) is 14.2 Å². The zero-order valence-corrected chi connectivity index (χ0v) is 24.3. The largest absolute Gasteiger partial charge is 0.497 e. The predicted octanol–water partition coefficient (Wildman–Crippen LogP) is 0.684. The summed E-state index contributed by atoms with van der Waals surface area (Å²) in [6, 6.07) is 14.7. The van der Waals surface area contributed by atoms with E-state index >= 15 is 0 Å². The van der Waals surface area contributed by atoms with Crippen molar-refractivity contribution in [3.63, 3.8) is 0 Å². The number of nitrogens with one attached hydrogen (secondary N) is 1. The average Bonchev–Trinajstić information content (AvgIpc) is 3.44. The lowest BCUT2D eigenvalue weighted by molar-refractivity contribution is -0.182. The van der Waals surface area contributed by atoms with Gasteiger partial charge in [-0.1, -0.05) is 42.5 Å². The van der Waals surface area contributed by atoms with E-state index in [1.807, 2.05) is 6.07 Å². The molecule has 0 bridgehead atoms. The van der Waals surface area contributed by atoms with Crippen molar-refractivity contribution in [2.24, 2.45) is 0 Å². The molecule has 0 radical (unpaired) electrons. The van der Waals surface area contributed by atoms with Crippen LogP contribution in [0.4, 0.5) is 0 Å². The first kappa shape index (κ1) is 31.4. The number of likely N-dealkylation sites (tertiary alicyclic amines) is 1. The van der Waals surface area contributed by atoms with Gasteiger partial charge in [-0.15, -0.1) is 11.8 Å². The van der Waals surface area contributed by atoms with Crippen LogP contribution in [0.3, 0.4) is 0 Å². The van der Waals surface area contributed by atoms with Crippen molar-refractivity contribution >= 4 is 35.3 Å². The Labute approximate surface area is 247 Å². The monoisotopic (exact) mass is 602 g/mol. The van der Waals surface area contributed by atoms with Gasteiger partial charge in [0.05, 0.1) is 25.9 Å². The highest BCUT2D eigenvalue weighted by Crippen LogP contribution is 2.33. The molecule has 42 heavy (non-hydrogen) atoms. The minimum atomic E-state index is -1.95. The highest BCUT2D eigenvalue weighted by molar-refractivity contribution is 8.00. The summed E-state index contributed by atoms with van der Waals surface area (Å²) in [6.07, 6.45) is -3.83. The lowest BCUT2D eigenvalue weighted by Crippen LogP contribution is -2.73. The van der Waals surface area contributed by atoms with Crippen molar-refractivity contribution in [2.75, 3.05) is 33.7 Å². The Bertz CT molecular complexity index is 1240. The lowest BCUT2D eigenvalue weighted by atomic mass is 10.1. The van der Waals surface area contributed by atoms with Gasteiger partial charge in [-0.3, -0.25) is 19.3 Å². The van der Waals surface area contributed by atoms with Crippen LogP contribution in [-0.4, -0.2) is 103 Å². The van der Waals surface area contributed by atoms with Gasteiger partial charge in [0.15, 0.2) is 5.78 Å². The SMILES string of the molecule is COc1ccc(COC(=O)C(O)N2C(=O)[C@@H](NC(=O)Cc3ccccc3)[C@H]2SCC(=O)[C@H]2OC[C@H](OC)[C@H]2OC)cc1. The zero-order chi connectivity index (χ0) is 30.2. The van der Waals surface area contributed by atoms with Gasteiger partial charge < -0.3 is 34.1 Å². The number of carbonyl (C=O) groups excluding carboxylic acids is 4. The van der Waals surface area contributed by atoms with Gasteiger partial charge >= 0.3 is 5.97 Å². The second kappa shape index (κ2) is 14.6. The number of rotatable bonds is 14. The van der Waals surface area contributed by atoms with E-state index in [9.17, 15) is 24.3 Å². The molecule has 0 aromatic heterocycles. The Balaban J connectivity index is 1.42. The third-order valence-corrected chi connectivity index (χ3v) is 8.30. The molecule has 2 fully saturated rings. The van der Waals surface area contributed by atoms with Crippen molar-refractivity contribution in [3.05, 3.63) is 65.7 Å². The summed E-state index contributed by atoms with van der Waals surface area (Å²) in [7, 11) is 4.48. The Morgan fingerprint density at radius 1 is 1.05 bits per heavy atom. The van der Waals surface area contributed by atoms with Crippen LogP contribution in [0, 0.1) is 0 Å². The molecule has 2 N–H and O–H groups in total. The summed E-state index contributed by atoms with van der Waals surface area (Å²) >= 11 is 0.995. The highest BCUT2D eigenvalue weighted by Gasteiger charge is 2.54. The summed E-state index contributed by atoms with van der Waals surface area (Å²) in [6.45, 7) is 0.0363. The number of benzene rings is 2. The quantitative estimate of drug-likeness (QED) is 0.232. The van der Waals surface area contributed by atoms with Crippen LogP contribution in [0.15, 0.2) is 54.6 Å². The smallest absolute Gasteiger partial charge is 0.356 e. The fourth-order valence-corrected chi connectivity index (χ4v) is 5.97. The number of esters is 1. The topological polar surface area (TPSA) is 150 Å². The molecule has 2 saturated heterocycles. The van der Waals surface area contributed by atoms with Crippen LogP contribution < -0.4 is 10.1 Å². The van der Waals surface area contributed by atoms with Crippen molar-refractivity contribution in [2.45, 2.75) is 49.0 Å². The summed E-state index contributed by atoms with van der Waals surface area (Å²) in [4.78, 5) is 52.5. The van der Waals surface area contributed by atoms with E-state index < -0.39 is 53.7 Å². The molecule has 2 aliphatic heterocycles. The Hall–Kier alpha value is -3.49. The number of aliphatic hydroxyl groups excluding tert-OH is 1. The van der Waals surface area contributed by atoms with Gasteiger partial charge in [-0.2, -0.15) is 0 Å². The summed E-state index contributed by atoms with van der Waals surface area (Å²) in [5, 5.41) is 12.5. The van der Waals surface area contributed by atoms with Crippen molar-refractivity contribution in [3.8, 4) is 5.75 Å². The molecule has 0 spiro atoms. The second-order valence-corrected chi connectivity index (χ2v) is 10.8. The fraction of sp³-hybridized carbons (Fsp3) is 0.448. The van der Waals surface area contributed by atoms with Crippen molar-refractivity contribution in [1.29, 1.82) is 0 Å². The zero-order valence-electron chi connectivity index (χ0n) is 23.5. The Morgan fingerprint density at radius 2 is 1.76 bits per heavy atom. The second-order valence-electron chi connectivity index (χ2n) is 9.68. The number of carbonyl (C=O) groups is 4. The first-order valence-electron chi connectivity index (χ1n) is 13.2. The van der Waals surface area contributed by atoms with Crippen LogP contribution in [0.1, 0.15) is 11.1 Å². The van der Waals surface area contributed by atoms with E-state index in [0.29, 0.717) is 11.3 Å². The lowest BCUT2D eigenvalue weighted by Gasteiger charge is -2.47. The number of ketones is 1. The molecule has 1 unspecified atom stereocenters. The molecular weight excluding hydrogens is 568 g/mol. The van der Waals surface area contributed by atoms with Gasteiger partial charge in [0.1, 0.15) is 42.1 Å². The molecule has 2 aromatic rings. The summed E-state index contributed by atoms with van der Waals surface area (Å²) < 4.78 is 26.7. The number of β-lactam (4-membered cyclic amide) rings is 1. The average molecular weight is 603 g/mol. The van der Waals surface area contributed by atoms with Gasteiger partial charge in [0.25, 0.3) is 5.91 Å². The number of hydrogen-bond acceptors (Lipinski definition) is 11. The van der Waals surface area contributed by atoms with Crippen LogP contribution >= 0.6 is 11.8 Å². The molecule has 2 aliphatic rings. The van der Waals surface area contributed by atoms with Gasteiger partial charge in [0.2, 0.25) is 12.1 Å². The molecular formula is C29H34N2O10S. The summed E-state index contributed by atoms with van der Waals surface area (Å²) in [5.74, 6) is -1.99. The molecule has 4 rings (SSSR count). The molecule has 13 heteroatoms. The van der Waals surface area contributed by atoms with Gasteiger partial charge in [-0.05, 0) is 23.3 Å². The molecule has 6 atom stereocenters. The maximum Gasteiger partial charge on any atom is 0.356 e. The van der Waals surface area contributed by atoms with Crippen LogP contribution in [0.25, 0.3) is 0 Å². The van der Waals surface area contributed by atoms with Crippen LogP contribution in [-0.2, 0) is 51.2 Å². The third-order valence-electron chi connectivity index (χ3n) is 7.01. The molecule has 2 heterocycles. The Kier molecular flexibility index (Phi) is 10.9. The van der Waals surface area contributed by atoms with E-state index in [-0.39, 0.29) is 31.2 Å². The van der Waals surface area contributed by atoms with E-state index in [0.717, 1.165) is 22.2 Å². The Morgan fingerprint density at radius 3 is 2.40 bits per heavy atom. The molecule has 226 valence electrons. The van der Waals surface area contributed by atoms with E-state index in [2.05, 4.69) is 5.32 Å². The minimum Gasteiger partial charge on any atom is -0.497 e. The number of aliphatic hydroxyl groups is 1. The number of hydrogen-bond donors (Lipinski definition) is 2.